The van der Waals surface area contributed by atoms with Gasteiger partial charge < -0.3 is 19.4 Å². The van der Waals surface area contributed by atoms with Crippen LogP contribution < -0.4 is 14.4 Å². The fraction of sp³-hybridized carbons (Fsp3) is 0.212. The van der Waals surface area contributed by atoms with E-state index in [2.05, 4.69) is 89.4 Å². The van der Waals surface area contributed by atoms with Crippen molar-refractivity contribution in [1.82, 2.24) is 15.0 Å². The molecule has 0 radical (unpaired) electrons. The Hall–Kier alpha value is -3.88. The Morgan fingerprint density at radius 3 is 2.00 bits per heavy atom. The first-order chi connectivity index (χ1) is 20.0. The van der Waals surface area contributed by atoms with E-state index in [9.17, 15) is 0 Å². The standard InChI is InChI=1S/C33H32N4O2S2/c1-22-4-9-27(10-5-22)40-20-37(21-41-28-11-6-23(2)7-12-28)33-35-31(32(36-33)26-14-15-34-24(3)18-26)25-8-13-29-30(19-25)39-17-16-38-29/h4-15,18-19H,16-17,20-21H2,1-3H3,(H,35,36). The number of fused-ring (bicyclic) bond motifs is 1. The van der Waals surface area contributed by atoms with Gasteiger partial charge in [-0.1, -0.05) is 35.4 Å². The van der Waals surface area contributed by atoms with E-state index in [4.69, 9.17) is 14.5 Å². The van der Waals surface area contributed by atoms with Gasteiger partial charge in [0.15, 0.2) is 11.5 Å². The number of anilines is 1. The highest BCUT2D eigenvalue weighted by Crippen LogP contribution is 2.39. The number of rotatable bonds is 9. The Labute approximate surface area is 249 Å². The predicted molar refractivity (Wildman–Crippen MR) is 169 cm³/mol. The monoisotopic (exact) mass is 580 g/mol. The molecular weight excluding hydrogens is 549 g/mol. The molecule has 208 valence electrons. The topological polar surface area (TPSA) is 63.3 Å². The van der Waals surface area contributed by atoms with Crippen LogP contribution in [-0.4, -0.2) is 39.9 Å². The zero-order valence-corrected chi connectivity index (χ0v) is 25.0. The molecule has 0 unspecified atom stereocenters. The van der Waals surface area contributed by atoms with Crippen LogP contribution in [0.3, 0.4) is 0 Å². The van der Waals surface area contributed by atoms with Gasteiger partial charge in [0.05, 0.1) is 23.1 Å². The number of hydrogen-bond acceptors (Lipinski definition) is 7. The van der Waals surface area contributed by atoms with Gasteiger partial charge in [0, 0.05) is 32.8 Å². The number of aromatic nitrogens is 3. The highest BCUT2D eigenvalue weighted by molar-refractivity contribution is 8.00. The maximum Gasteiger partial charge on any atom is 0.205 e. The van der Waals surface area contributed by atoms with Gasteiger partial charge in [0.2, 0.25) is 5.95 Å². The van der Waals surface area contributed by atoms with Crippen LogP contribution in [0.25, 0.3) is 22.5 Å². The second kappa shape index (κ2) is 12.3. The second-order valence-electron chi connectivity index (χ2n) is 10.0. The molecule has 5 aromatic rings. The first-order valence-corrected chi connectivity index (χ1v) is 15.6. The molecule has 0 fully saturated rings. The molecule has 1 aliphatic heterocycles. The molecule has 3 aromatic carbocycles. The number of aryl methyl sites for hydroxylation is 3. The van der Waals surface area contributed by atoms with Crippen LogP contribution in [-0.2, 0) is 0 Å². The van der Waals surface area contributed by atoms with E-state index in [0.29, 0.717) is 13.2 Å². The summed E-state index contributed by atoms with van der Waals surface area (Å²) in [5, 5.41) is 0. The highest BCUT2D eigenvalue weighted by atomic mass is 32.2. The normalized spacial score (nSPS) is 12.4. The summed E-state index contributed by atoms with van der Waals surface area (Å²) in [5.74, 6) is 3.81. The van der Waals surface area contributed by atoms with Gasteiger partial charge in [-0.2, -0.15) is 0 Å². The van der Waals surface area contributed by atoms with Crippen molar-refractivity contribution in [3.63, 3.8) is 0 Å². The third kappa shape index (κ3) is 6.55. The molecule has 0 atom stereocenters. The lowest BCUT2D eigenvalue weighted by atomic mass is 10.0. The zero-order chi connectivity index (χ0) is 28.2. The van der Waals surface area contributed by atoms with Gasteiger partial charge in [-0.15, -0.1) is 23.5 Å². The van der Waals surface area contributed by atoms with E-state index in [1.807, 2.05) is 31.3 Å². The highest BCUT2D eigenvalue weighted by Gasteiger charge is 2.21. The van der Waals surface area contributed by atoms with E-state index >= 15 is 0 Å². The van der Waals surface area contributed by atoms with Crippen molar-refractivity contribution in [3.8, 4) is 34.0 Å². The second-order valence-corrected chi connectivity index (χ2v) is 12.1. The lowest BCUT2D eigenvalue weighted by Gasteiger charge is -2.21. The summed E-state index contributed by atoms with van der Waals surface area (Å²) in [4.78, 5) is 18.1. The third-order valence-corrected chi connectivity index (χ3v) is 8.90. The van der Waals surface area contributed by atoms with E-state index in [0.717, 1.165) is 57.4 Å². The van der Waals surface area contributed by atoms with Crippen LogP contribution in [0.15, 0.2) is 94.9 Å². The van der Waals surface area contributed by atoms with Crippen LogP contribution in [0, 0.1) is 20.8 Å². The molecule has 0 amide bonds. The van der Waals surface area contributed by atoms with Gasteiger partial charge in [-0.3, -0.25) is 4.98 Å². The van der Waals surface area contributed by atoms with Crippen molar-refractivity contribution in [2.24, 2.45) is 0 Å². The van der Waals surface area contributed by atoms with Crippen LogP contribution in [0.4, 0.5) is 5.95 Å². The van der Waals surface area contributed by atoms with E-state index in [1.54, 1.807) is 23.5 Å². The fourth-order valence-electron chi connectivity index (χ4n) is 4.55. The molecule has 8 heteroatoms. The average Bonchev–Trinajstić information content (AvgIpc) is 3.44. The Balaban J connectivity index is 1.37. The molecule has 0 bridgehead atoms. The summed E-state index contributed by atoms with van der Waals surface area (Å²) < 4.78 is 11.7. The number of H-pyrrole nitrogens is 1. The Bertz CT molecular complexity index is 1590. The smallest absolute Gasteiger partial charge is 0.205 e. The minimum atomic E-state index is 0.541. The predicted octanol–water partition coefficient (Wildman–Crippen LogP) is 8.14. The van der Waals surface area contributed by atoms with Crippen molar-refractivity contribution < 1.29 is 9.47 Å². The number of pyridine rings is 1. The molecule has 1 aliphatic rings. The van der Waals surface area contributed by atoms with Crippen molar-refractivity contribution in [3.05, 3.63) is 102 Å². The SMILES string of the molecule is Cc1ccc(SCN(CSc2ccc(C)cc2)c2nc(-c3ccc4c(c3)OCCO4)c(-c3ccnc(C)c3)[nH]2)cc1. The number of nitrogens with zero attached hydrogens (tertiary/aromatic N) is 3. The molecule has 6 nitrogen and oxygen atoms in total. The molecule has 0 saturated heterocycles. The van der Waals surface area contributed by atoms with E-state index in [1.165, 1.54) is 20.9 Å². The lowest BCUT2D eigenvalue weighted by Crippen LogP contribution is -2.23. The van der Waals surface area contributed by atoms with Gasteiger partial charge in [-0.25, -0.2) is 4.98 Å². The molecule has 0 spiro atoms. The lowest BCUT2D eigenvalue weighted by molar-refractivity contribution is 0.171. The number of thioether (sulfide) groups is 2. The molecule has 6 rings (SSSR count). The molecule has 3 heterocycles. The summed E-state index contributed by atoms with van der Waals surface area (Å²) in [5.41, 5.74) is 7.30. The Kier molecular flexibility index (Phi) is 8.21. The quantitative estimate of drug-likeness (QED) is 0.139. The van der Waals surface area contributed by atoms with Crippen LogP contribution >= 0.6 is 23.5 Å². The van der Waals surface area contributed by atoms with E-state index < -0.39 is 0 Å². The Morgan fingerprint density at radius 2 is 1.37 bits per heavy atom. The molecule has 2 aromatic heterocycles. The van der Waals surface area contributed by atoms with Gasteiger partial charge in [0.25, 0.3) is 0 Å². The van der Waals surface area contributed by atoms with Crippen molar-refractivity contribution in [2.75, 3.05) is 29.9 Å². The summed E-state index contributed by atoms with van der Waals surface area (Å²) in [6, 6.07) is 27.5. The van der Waals surface area contributed by atoms with Crippen LogP contribution in [0.2, 0.25) is 0 Å². The third-order valence-electron chi connectivity index (χ3n) is 6.81. The fourth-order valence-corrected chi connectivity index (χ4v) is 6.36. The van der Waals surface area contributed by atoms with Crippen molar-refractivity contribution in [2.45, 2.75) is 30.6 Å². The van der Waals surface area contributed by atoms with Gasteiger partial charge in [-0.05, 0) is 75.4 Å². The summed E-state index contributed by atoms with van der Waals surface area (Å²) >= 11 is 3.61. The van der Waals surface area contributed by atoms with Crippen LogP contribution in [0.1, 0.15) is 16.8 Å². The first kappa shape index (κ1) is 27.3. The van der Waals surface area contributed by atoms with Gasteiger partial charge in [0.1, 0.15) is 13.2 Å². The number of nitrogens with one attached hydrogen (secondary N) is 1. The maximum atomic E-state index is 5.91. The largest absolute Gasteiger partial charge is 0.486 e. The number of hydrogen-bond donors (Lipinski definition) is 1. The maximum absolute atomic E-state index is 5.91. The minimum absolute atomic E-state index is 0.541. The number of aromatic amines is 1. The summed E-state index contributed by atoms with van der Waals surface area (Å²) in [6.07, 6.45) is 1.84. The zero-order valence-electron chi connectivity index (χ0n) is 23.4. The number of imidazole rings is 1. The molecule has 41 heavy (non-hydrogen) atoms. The van der Waals surface area contributed by atoms with Crippen molar-refractivity contribution >= 4 is 29.5 Å². The Morgan fingerprint density at radius 1 is 0.732 bits per heavy atom. The molecule has 1 N–H and O–H groups in total. The van der Waals surface area contributed by atoms with Crippen LogP contribution in [0.5, 0.6) is 11.5 Å². The minimum Gasteiger partial charge on any atom is -0.486 e. The van der Waals surface area contributed by atoms with Gasteiger partial charge >= 0.3 is 0 Å². The summed E-state index contributed by atoms with van der Waals surface area (Å²) in [7, 11) is 0. The average molecular weight is 581 g/mol. The van der Waals surface area contributed by atoms with Crippen molar-refractivity contribution in [1.29, 1.82) is 0 Å². The molecule has 0 saturated carbocycles. The molecule has 0 aliphatic carbocycles. The summed E-state index contributed by atoms with van der Waals surface area (Å²) in [6.45, 7) is 7.34. The first-order valence-electron chi connectivity index (χ1n) is 13.6. The number of ether oxygens (including phenoxy) is 2. The molecular formula is C33H32N4O2S2. The van der Waals surface area contributed by atoms with E-state index in [-0.39, 0.29) is 0 Å². The number of benzene rings is 3.